The number of aryl methyl sites for hydroxylation is 1. The highest BCUT2D eigenvalue weighted by molar-refractivity contribution is 7.98. The van der Waals surface area contributed by atoms with Crippen LogP contribution in [-0.4, -0.2) is 36.6 Å². The Labute approximate surface area is 157 Å². The lowest BCUT2D eigenvalue weighted by atomic mass is 10.1. The van der Waals surface area contributed by atoms with Gasteiger partial charge in [-0.15, -0.1) is 11.8 Å². The molecule has 2 aromatic carbocycles. The minimum atomic E-state index is -0.278. The van der Waals surface area contributed by atoms with Crippen molar-refractivity contribution in [2.45, 2.75) is 18.2 Å². The van der Waals surface area contributed by atoms with E-state index >= 15 is 0 Å². The van der Waals surface area contributed by atoms with E-state index in [4.69, 9.17) is 11.6 Å². The van der Waals surface area contributed by atoms with Gasteiger partial charge in [-0.3, -0.25) is 9.59 Å². The number of carbonyl (C=O) groups excluding carboxylic acids is 2. The number of nitrogens with zero attached hydrogens (tertiary/aromatic N) is 1. The first-order valence-electron chi connectivity index (χ1n) is 7.93. The van der Waals surface area contributed by atoms with Gasteiger partial charge in [0.1, 0.15) is 0 Å². The molecule has 0 bridgehead atoms. The number of thioether (sulfide) groups is 1. The molecule has 0 spiro atoms. The van der Waals surface area contributed by atoms with Gasteiger partial charge in [0.2, 0.25) is 5.91 Å². The summed E-state index contributed by atoms with van der Waals surface area (Å²) in [4.78, 5) is 27.2. The minimum absolute atomic E-state index is 0.0449. The molecule has 0 aliphatic rings. The predicted molar refractivity (Wildman–Crippen MR) is 105 cm³/mol. The first-order valence-corrected chi connectivity index (χ1v) is 9.53. The van der Waals surface area contributed by atoms with E-state index in [1.165, 1.54) is 16.7 Å². The van der Waals surface area contributed by atoms with Gasteiger partial charge in [0.25, 0.3) is 5.91 Å². The molecule has 0 aliphatic heterocycles. The van der Waals surface area contributed by atoms with Crippen LogP contribution in [0.15, 0.2) is 47.4 Å². The Morgan fingerprint density at radius 3 is 2.60 bits per heavy atom. The third-order valence-electron chi connectivity index (χ3n) is 3.80. The Morgan fingerprint density at radius 2 is 1.92 bits per heavy atom. The largest absolute Gasteiger partial charge is 0.332 e. The SMILES string of the molecule is CCc1ccccc1NC(=O)CN(C)C(=O)c1cc(SC)ccc1Cl. The van der Waals surface area contributed by atoms with Crippen LogP contribution in [0.3, 0.4) is 0 Å². The summed E-state index contributed by atoms with van der Waals surface area (Å²) >= 11 is 7.67. The molecule has 0 aromatic heterocycles. The molecular formula is C19H21ClN2O2S. The highest BCUT2D eigenvalue weighted by atomic mass is 35.5. The van der Waals surface area contributed by atoms with E-state index in [9.17, 15) is 9.59 Å². The molecule has 25 heavy (non-hydrogen) atoms. The van der Waals surface area contributed by atoms with Crippen LogP contribution in [-0.2, 0) is 11.2 Å². The van der Waals surface area contributed by atoms with Crippen LogP contribution >= 0.6 is 23.4 Å². The van der Waals surface area contributed by atoms with Gasteiger partial charge in [-0.05, 0) is 42.5 Å². The van der Waals surface area contributed by atoms with Crippen molar-refractivity contribution in [3.63, 3.8) is 0 Å². The first-order chi connectivity index (χ1) is 12.0. The number of likely N-dealkylation sites (N-methyl/N-ethyl adjacent to an activating group) is 1. The lowest BCUT2D eigenvalue weighted by Crippen LogP contribution is -2.35. The van der Waals surface area contributed by atoms with Crippen LogP contribution in [0.2, 0.25) is 5.02 Å². The Bertz CT molecular complexity index is 780. The molecule has 0 radical (unpaired) electrons. The Kier molecular flexibility index (Phi) is 6.91. The Morgan fingerprint density at radius 1 is 1.20 bits per heavy atom. The number of hydrogen-bond acceptors (Lipinski definition) is 3. The van der Waals surface area contributed by atoms with E-state index in [-0.39, 0.29) is 18.4 Å². The van der Waals surface area contributed by atoms with Gasteiger partial charge in [-0.1, -0.05) is 36.7 Å². The van der Waals surface area contributed by atoms with E-state index in [1.54, 1.807) is 19.2 Å². The van der Waals surface area contributed by atoms with Gasteiger partial charge in [0.05, 0.1) is 17.1 Å². The molecule has 2 aromatic rings. The molecule has 4 nitrogen and oxygen atoms in total. The second-order valence-corrected chi connectivity index (χ2v) is 6.85. The maximum atomic E-state index is 12.6. The number of rotatable bonds is 6. The van der Waals surface area contributed by atoms with Crippen molar-refractivity contribution >= 4 is 40.9 Å². The summed E-state index contributed by atoms with van der Waals surface area (Å²) in [6.45, 7) is 1.98. The lowest BCUT2D eigenvalue weighted by molar-refractivity contribution is -0.116. The summed E-state index contributed by atoms with van der Waals surface area (Å²) in [5.74, 6) is -0.520. The van der Waals surface area contributed by atoms with Gasteiger partial charge in [0, 0.05) is 17.6 Å². The number of benzene rings is 2. The molecule has 0 atom stereocenters. The molecule has 0 aliphatic carbocycles. The van der Waals surface area contributed by atoms with Gasteiger partial charge >= 0.3 is 0 Å². The number of hydrogen-bond donors (Lipinski definition) is 1. The average Bonchev–Trinajstić information content (AvgIpc) is 2.61. The summed E-state index contributed by atoms with van der Waals surface area (Å²) in [6.07, 6.45) is 2.75. The summed E-state index contributed by atoms with van der Waals surface area (Å²) in [5, 5.41) is 3.25. The van der Waals surface area contributed by atoms with Gasteiger partial charge in [-0.2, -0.15) is 0 Å². The fourth-order valence-electron chi connectivity index (χ4n) is 2.43. The zero-order chi connectivity index (χ0) is 18.4. The quantitative estimate of drug-likeness (QED) is 0.763. The van der Waals surface area contributed by atoms with E-state index in [1.807, 2.05) is 43.5 Å². The molecule has 0 saturated carbocycles. The Hall–Kier alpha value is -1.98. The van der Waals surface area contributed by atoms with Crippen LogP contribution in [0.1, 0.15) is 22.8 Å². The smallest absolute Gasteiger partial charge is 0.255 e. The van der Waals surface area contributed by atoms with Crippen LogP contribution in [0, 0.1) is 0 Å². The zero-order valence-electron chi connectivity index (χ0n) is 14.5. The number of anilines is 1. The highest BCUT2D eigenvalue weighted by Gasteiger charge is 2.18. The van der Waals surface area contributed by atoms with Crippen LogP contribution in [0.4, 0.5) is 5.69 Å². The lowest BCUT2D eigenvalue weighted by Gasteiger charge is -2.18. The normalized spacial score (nSPS) is 10.4. The average molecular weight is 377 g/mol. The predicted octanol–water partition coefficient (Wildman–Crippen LogP) is 4.34. The molecule has 6 heteroatoms. The van der Waals surface area contributed by atoms with Crippen molar-refractivity contribution in [2.24, 2.45) is 0 Å². The summed E-state index contributed by atoms with van der Waals surface area (Å²) in [6, 6.07) is 12.9. The molecule has 0 fully saturated rings. The molecule has 2 rings (SSSR count). The number of nitrogens with one attached hydrogen (secondary N) is 1. The molecule has 0 saturated heterocycles. The standard InChI is InChI=1S/C19H21ClN2O2S/c1-4-13-7-5-6-8-17(13)21-18(23)12-22(2)19(24)15-11-14(25-3)9-10-16(15)20/h5-11H,4,12H2,1-3H3,(H,21,23). The minimum Gasteiger partial charge on any atom is -0.332 e. The second kappa shape index (κ2) is 8.92. The van der Waals surface area contributed by atoms with Crippen molar-refractivity contribution in [3.05, 3.63) is 58.6 Å². The summed E-state index contributed by atoms with van der Waals surface area (Å²) < 4.78 is 0. The van der Waals surface area contributed by atoms with Gasteiger partial charge in [0.15, 0.2) is 0 Å². The molecule has 2 amide bonds. The number of halogens is 1. The second-order valence-electron chi connectivity index (χ2n) is 5.57. The summed E-state index contributed by atoms with van der Waals surface area (Å²) in [7, 11) is 1.59. The van der Waals surface area contributed by atoms with Crippen molar-refractivity contribution in [1.29, 1.82) is 0 Å². The van der Waals surface area contributed by atoms with Crippen LogP contribution in [0.5, 0.6) is 0 Å². The monoisotopic (exact) mass is 376 g/mol. The van der Waals surface area contributed by atoms with Crippen molar-refractivity contribution in [2.75, 3.05) is 25.2 Å². The highest BCUT2D eigenvalue weighted by Crippen LogP contribution is 2.24. The van der Waals surface area contributed by atoms with Crippen molar-refractivity contribution in [3.8, 4) is 0 Å². The van der Waals surface area contributed by atoms with Gasteiger partial charge < -0.3 is 10.2 Å². The fourth-order valence-corrected chi connectivity index (χ4v) is 3.07. The van der Waals surface area contributed by atoms with E-state index in [2.05, 4.69) is 5.32 Å². The Balaban J connectivity index is 2.07. The van der Waals surface area contributed by atoms with Crippen molar-refractivity contribution in [1.82, 2.24) is 4.90 Å². The zero-order valence-corrected chi connectivity index (χ0v) is 16.1. The third-order valence-corrected chi connectivity index (χ3v) is 4.86. The number of para-hydroxylation sites is 1. The number of carbonyl (C=O) groups is 2. The summed E-state index contributed by atoms with van der Waals surface area (Å²) in [5.41, 5.74) is 2.23. The third kappa shape index (κ3) is 5.00. The molecule has 132 valence electrons. The van der Waals surface area contributed by atoms with Crippen LogP contribution in [0.25, 0.3) is 0 Å². The molecule has 1 N–H and O–H groups in total. The van der Waals surface area contributed by atoms with Gasteiger partial charge in [-0.25, -0.2) is 0 Å². The maximum Gasteiger partial charge on any atom is 0.255 e. The number of amides is 2. The maximum absolute atomic E-state index is 12.6. The molecule has 0 unspecified atom stereocenters. The van der Waals surface area contributed by atoms with E-state index in [0.717, 1.165) is 22.6 Å². The first kappa shape index (κ1) is 19.3. The fraction of sp³-hybridized carbons (Fsp3) is 0.263. The topological polar surface area (TPSA) is 49.4 Å². The molecular weight excluding hydrogens is 356 g/mol. The molecule has 0 heterocycles. The van der Waals surface area contributed by atoms with Crippen molar-refractivity contribution < 1.29 is 9.59 Å². The van der Waals surface area contributed by atoms with Crippen LogP contribution < -0.4 is 5.32 Å². The van der Waals surface area contributed by atoms with E-state index < -0.39 is 0 Å². The van der Waals surface area contributed by atoms with E-state index in [0.29, 0.717) is 10.6 Å².